The Morgan fingerprint density at radius 2 is 1.71 bits per heavy atom. The molecule has 0 saturated heterocycles. The third-order valence-corrected chi connectivity index (χ3v) is 2.23. The SMILES string of the molecule is C=NO.[Si]c1ccc2cccccc1-2. The van der Waals surface area contributed by atoms with Crippen LogP contribution >= 0.6 is 0 Å². The zero-order valence-corrected chi connectivity index (χ0v) is 8.64. The lowest BCUT2D eigenvalue weighted by Crippen LogP contribution is -1.98. The minimum atomic E-state index is 1.16. The van der Waals surface area contributed by atoms with Gasteiger partial charge in [-0.3, -0.25) is 0 Å². The smallest absolute Gasteiger partial charge is 0.0720 e. The first-order valence-electron chi connectivity index (χ1n) is 4.09. The van der Waals surface area contributed by atoms with Gasteiger partial charge in [0.2, 0.25) is 0 Å². The number of nitrogens with zero attached hydrogens (tertiary/aromatic N) is 1. The third kappa shape index (κ3) is 2.44. The maximum absolute atomic E-state index is 7.08. The molecule has 0 unspecified atom stereocenters. The molecule has 0 aliphatic heterocycles. The topological polar surface area (TPSA) is 32.6 Å². The van der Waals surface area contributed by atoms with Gasteiger partial charge in [-0.1, -0.05) is 47.7 Å². The average molecular weight is 200 g/mol. The molecule has 14 heavy (non-hydrogen) atoms. The van der Waals surface area contributed by atoms with Gasteiger partial charge in [0.25, 0.3) is 0 Å². The van der Waals surface area contributed by atoms with E-state index in [2.05, 4.69) is 46.4 Å². The molecule has 0 amide bonds. The van der Waals surface area contributed by atoms with Gasteiger partial charge in [-0.25, -0.2) is 0 Å². The molecule has 2 aliphatic carbocycles. The van der Waals surface area contributed by atoms with Crippen LogP contribution in [0.5, 0.6) is 0 Å². The fourth-order valence-electron chi connectivity index (χ4n) is 1.21. The highest BCUT2D eigenvalue weighted by Gasteiger charge is 2.01. The van der Waals surface area contributed by atoms with Crippen LogP contribution < -0.4 is 5.19 Å². The Hall–Kier alpha value is -1.61. The molecule has 1 N–H and O–H groups in total. The molecule has 3 radical (unpaired) electrons. The molecule has 0 fully saturated rings. The first-order valence-corrected chi connectivity index (χ1v) is 4.59. The van der Waals surface area contributed by atoms with E-state index < -0.39 is 0 Å². The summed E-state index contributed by atoms with van der Waals surface area (Å²) in [5.41, 5.74) is 2.55. The van der Waals surface area contributed by atoms with Gasteiger partial charge in [-0.05, 0) is 11.1 Å². The standard InChI is InChI=1S/C10H7Si.CH3NO/c11-10-7-6-8-4-2-1-3-5-9(8)10;1-2-3/h1-7H;3H,1H2. The third-order valence-electron chi connectivity index (χ3n) is 1.79. The second kappa shape index (κ2) is 5.19. The lowest BCUT2D eigenvalue weighted by atomic mass is 10.2. The molecule has 69 valence electrons. The van der Waals surface area contributed by atoms with Crippen LogP contribution in [-0.2, 0) is 0 Å². The Balaban J connectivity index is 0.000000293. The van der Waals surface area contributed by atoms with Crippen LogP contribution in [0, 0.1) is 0 Å². The van der Waals surface area contributed by atoms with Crippen LogP contribution in [-0.4, -0.2) is 22.2 Å². The van der Waals surface area contributed by atoms with Crippen LogP contribution in [0.3, 0.4) is 0 Å². The highest BCUT2D eigenvalue weighted by Crippen LogP contribution is 2.17. The van der Waals surface area contributed by atoms with Crippen molar-refractivity contribution in [2.45, 2.75) is 0 Å². The predicted molar refractivity (Wildman–Crippen MR) is 59.8 cm³/mol. The summed E-state index contributed by atoms with van der Waals surface area (Å²) in [5.74, 6) is 0. The van der Waals surface area contributed by atoms with Crippen LogP contribution in [0.4, 0.5) is 0 Å². The lowest BCUT2D eigenvalue weighted by molar-refractivity contribution is 0.323. The summed E-state index contributed by atoms with van der Waals surface area (Å²) in [5, 5.41) is 10.5. The van der Waals surface area contributed by atoms with Gasteiger partial charge in [-0.2, -0.15) is 0 Å². The molecule has 2 rings (SSSR count). The molecule has 0 aromatic carbocycles. The maximum atomic E-state index is 7.08. The second-order valence-electron chi connectivity index (χ2n) is 2.67. The molecule has 0 saturated carbocycles. The van der Waals surface area contributed by atoms with Gasteiger partial charge < -0.3 is 5.21 Å². The quantitative estimate of drug-likeness (QED) is 0.298. The summed E-state index contributed by atoms with van der Waals surface area (Å²) in [4.78, 5) is 0. The minimum Gasteiger partial charge on any atom is -0.411 e. The number of fused-ring (bicyclic) bond motifs is 1. The van der Waals surface area contributed by atoms with Crippen molar-refractivity contribution >= 4 is 22.1 Å². The predicted octanol–water partition coefficient (Wildman–Crippen LogP) is 1.66. The van der Waals surface area contributed by atoms with Gasteiger partial charge in [0.05, 0.1) is 10.2 Å². The summed E-state index contributed by atoms with van der Waals surface area (Å²) in [6.07, 6.45) is 0. The fourth-order valence-corrected chi connectivity index (χ4v) is 1.53. The highest BCUT2D eigenvalue weighted by atomic mass is 28.1. The molecule has 0 bridgehead atoms. The zero-order chi connectivity index (χ0) is 10.4. The van der Waals surface area contributed by atoms with E-state index in [9.17, 15) is 0 Å². The Morgan fingerprint density at radius 1 is 1.07 bits per heavy atom. The van der Waals surface area contributed by atoms with E-state index in [-0.39, 0.29) is 0 Å². The van der Waals surface area contributed by atoms with Crippen molar-refractivity contribution < 1.29 is 5.21 Å². The van der Waals surface area contributed by atoms with Crippen molar-refractivity contribution in [2.75, 3.05) is 0 Å². The molecule has 0 atom stereocenters. The van der Waals surface area contributed by atoms with Crippen molar-refractivity contribution in [3.63, 3.8) is 0 Å². The van der Waals surface area contributed by atoms with Gasteiger partial charge >= 0.3 is 0 Å². The normalized spacial score (nSPS) is 8.93. The van der Waals surface area contributed by atoms with E-state index in [0.717, 1.165) is 5.19 Å². The molecule has 3 heteroatoms. The summed E-state index contributed by atoms with van der Waals surface area (Å²) in [6.45, 7) is 2.67. The Labute approximate surface area is 86.7 Å². The van der Waals surface area contributed by atoms with Crippen LogP contribution in [0.2, 0.25) is 0 Å². The first kappa shape index (κ1) is 10.5. The van der Waals surface area contributed by atoms with E-state index in [1.165, 1.54) is 11.1 Å². The van der Waals surface area contributed by atoms with Crippen LogP contribution in [0.25, 0.3) is 11.1 Å². The number of rotatable bonds is 0. The second-order valence-corrected chi connectivity index (χ2v) is 3.21. The van der Waals surface area contributed by atoms with Crippen molar-refractivity contribution in [3.05, 3.63) is 42.5 Å². The number of oxime groups is 1. The summed E-state index contributed by atoms with van der Waals surface area (Å²) >= 11 is 0. The maximum Gasteiger partial charge on any atom is 0.0720 e. The molecule has 2 aliphatic rings. The molecule has 0 aromatic heterocycles. The molecule has 0 aromatic rings. The minimum absolute atomic E-state index is 1.16. The monoisotopic (exact) mass is 200 g/mol. The van der Waals surface area contributed by atoms with Crippen LogP contribution in [0.15, 0.2) is 47.6 Å². The van der Waals surface area contributed by atoms with E-state index in [1.54, 1.807) is 0 Å². The molecule has 0 heterocycles. The largest absolute Gasteiger partial charge is 0.411 e. The van der Waals surface area contributed by atoms with E-state index in [0.29, 0.717) is 0 Å². The fraction of sp³-hybridized carbons (Fsp3) is 0. The first-order chi connectivity index (χ1) is 6.79. The van der Waals surface area contributed by atoms with Gasteiger partial charge in [-0.15, -0.1) is 5.16 Å². The van der Waals surface area contributed by atoms with Crippen molar-refractivity contribution in [3.8, 4) is 11.1 Å². The molecular weight excluding hydrogens is 190 g/mol. The Morgan fingerprint density at radius 3 is 2.43 bits per heavy atom. The van der Waals surface area contributed by atoms with Crippen LogP contribution in [0.1, 0.15) is 0 Å². The van der Waals surface area contributed by atoms with Crippen molar-refractivity contribution in [2.24, 2.45) is 5.16 Å². The van der Waals surface area contributed by atoms with E-state index in [4.69, 9.17) is 5.21 Å². The van der Waals surface area contributed by atoms with E-state index >= 15 is 0 Å². The van der Waals surface area contributed by atoms with Gasteiger partial charge in [0.15, 0.2) is 0 Å². The summed E-state index contributed by atoms with van der Waals surface area (Å²) < 4.78 is 0. The number of hydrogen-bond donors (Lipinski definition) is 1. The van der Waals surface area contributed by atoms with Crippen molar-refractivity contribution in [1.29, 1.82) is 0 Å². The van der Waals surface area contributed by atoms with Gasteiger partial charge in [0.1, 0.15) is 0 Å². The zero-order valence-electron chi connectivity index (χ0n) is 7.64. The van der Waals surface area contributed by atoms with Gasteiger partial charge in [0, 0.05) is 6.72 Å². The van der Waals surface area contributed by atoms with E-state index in [1.807, 2.05) is 18.2 Å². The molecule has 0 spiro atoms. The molecule has 2 nitrogen and oxygen atoms in total. The number of hydrogen-bond acceptors (Lipinski definition) is 2. The van der Waals surface area contributed by atoms with Crippen molar-refractivity contribution in [1.82, 2.24) is 0 Å². The Kier molecular flexibility index (Phi) is 3.88. The molecular formula is C11H10NOSi. The lowest BCUT2D eigenvalue weighted by Gasteiger charge is -1.91. The highest BCUT2D eigenvalue weighted by molar-refractivity contribution is 6.36. The average Bonchev–Trinajstić information content (AvgIpc) is 2.41. The summed E-state index contributed by atoms with van der Waals surface area (Å²) in [6, 6.07) is 14.5. The summed E-state index contributed by atoms with van der Waals surface area (Å²) in [7, 11) is 3.54. The Bertz CT molecular complexity index is 389.